The number of benzene rings is 2. The Morgan fingerprint density at radius 1 is 0.895 bits per heavy atom. The molecule has 1 saturated carbocycles. The normalized spacial score (nSPS) is 23.6. The van der Waals surface area contributed by atoms with Crippen molar-refractivity contribution >= 4 is 0 Å². The Kier molecular flexibility index (Phi) is 2.16. The van der Waals surface area contributed by atoms with Crippen LogP contribution in [0.1, 0.15) is 42.2 Å². The third-order valence-corrected chi connectivity index (χ3v) is 4.69. The molecule has 0 spiro atoms. The highest BCUT2D eigenvalue weighted by Crippen LogP contribution is 2.60. The second-order valence-corrected chi connectivity index (χ2v) is 5.69. The van der Waals surface area contributed by atoms with Crippen LogP contribution >= 0.6 is 0 Å². The van der Waals surface area contributed by atoms with Crippen LogP contribution in [-0.2, 0) is 0 Å². The van der Waals surface area contributed by atoms with Crippen molar-refractivity contribution < 1.29 is 10.2 Å². The van der Waals surface area contributed by atoms with Crippen molar-refractivity contribution in [3.05, 3.63) is 47.5 Å². The van der Waals surface area contributed by atoms with Gasteiger partial charge in [-0.1, -0.05) is 30.3 Å². The van der Waals surface area contributed by atoms with Crippen molar-refractivity contribution in [2.24, 2.45) is 0 Å². The largest absolute Gasteiger partial charge is 0.508 e. The molecule has 0 amide bonds. The van der Waals surface area contributed by atoms with Gasteiger partial charge in [0.25, 0.3) is 0 Å². The van der Waals surface area contributed by atoms with E-state index in [0.29, 0.717) is 23.3 Å². The van der Waals surface area contributed by atoms with E-state index in [-0.39, 0.29) is 0 Å². The van der Waals surface area contributed by atoms with Gasteiger partial charge in [-0.25, -0.2) is 0 Å². The predicted molar refractivity (Wildman–Crippen MR) is 74.5 cm³/mol. The van der Waals surface area contributed by atoms with Crippen molar-refractivity contribution in [2.75, 3.05) is 0 Å². The summed E-state index contributed by atoms with van der Waals surface area (Å²) in [6, 6.07) is 11.5. The number of hydrogen-bond donors (Lipinski definition) is 2. The van der Waals surface area contributed by atoms with Crippen molar-refractivity contribution in [1.82, 2.24) is 0 Å². The summed E-state index contributed by atoms with van der Waals surface area (Å²) in [5.74, 6) is 1.63. The molecule has 96 valence electrons. The molecule has 2 aliphatic rings. The fourth-order valence-corrected chi connectivity index (χ4v) is 3.88. The maximum Gasteiger partial charge on any atom is 0.127 e. The minimum Gasteiger partial charge on any atom is -0.508 e. The Morgan fingerprint density at radius 2 is 1.58 bits per heavy atom. The summed E-state index contributed by atoms with van der Waals surface area (Å²) in [6.45, 7) is 0. The zero-order valence-corrected chi connectivity index (χ0v) is 10.6. The van der Waals surface area contributed by atoms with Crippen LogP contribution in [0.3, 0.4) is 0 Å². The smallest absolute Gasteiger partial charge is 0.127 e. The molecule has 0 radical (unpaired) electrons. The van der Waals surface area contributed by atoms with Crippen molar-refractivity contribution in [1.29, 1.82) is 0 Å². The highest BCUT2D eigenvalue weighted by molar-refractivity contribution is 5.76. The molecule has 0 heterocycles. The molecule has 2 aliphatic carbocycles. The average Bonchev–Trinajstić information content (AvgIpc) is 3.05. The van der Waals surface area contributed by atoms with Crippen molar-refractivity contribution in [3.63, 3.8) is 0 Å². The van der Waals surface area contributed by atoms with E-state index in [1.165, 1.54) is 0 Å². The Bertz CT molecular complexity index is 646. The van der Waals surface area contributed by atoms with Gasteiger partial charge < -0.3 is 10.2 Å². The lowest BCUT2D eigenvalue weighted by Gasteiger charge is -2.20. The van der Waals surface area contributed by atoms with Gasteiger partial charge >= 0.3 is 0 Å². The molecule has 4 rings (SSSR count). The van der Waals surface area contributed by atoms with Crippen LogP contribution in [0.4, 0.5) is 0 Å². The van der Waals surface area contributed by atoms with Gasteiger partial charge in [-0.3, -0.25) is 0 Å². The number of rotatable bonds is 1. The van der Waals surface area contributed by atoms with E-state index < -0.39 is 0 Å². The fraction of sp³-hybridized carbons (Fsp3) is 0.294. The van der Waals surface area contributed by atoms with E-state index in [9.17, 15) is 10.2 Å². The summed E-state index contributed by atoms with van der Waals surface area (Å²) in [7, 11) is 0. The zero-order valence-electron chi connectivity index (χ0n) is 10.6. The minimum atomic E-state index is 0.360. The highest BCUT2D eigenvalue weighted by Gasteiger charge is 2.41. The zero-order chi connectivity index (χ0) is 13.0. The first-order valence-electron chi connectivity index (χ1n) is 6.90. The molecule has 2 aromatic rings. The second-order valence-electron chi connectivity index (χ2n) is 5.69. The van der Waals surface area contributed by atoms with Crippen LogP contribution in [-0.4, -0.2) is 10.2 Å². The van der Waals surface area contributed by atoms with Gasteiger partial charge in [0.2, 0.25) is 0 Å². The van der Waals surface area contributed by atoms with Crippen molar-refractivity contribution in [2.45, 2.75) is 31.1 Å². The maximum atomic E-state index is 10.6. The first-order valence-corrected chi connectivity index (χ1v) is 6.90. The summed E-state index contributed by atoms with van der Waals surface area (Å²) in [4.78, 5) is 0. The molecule has 2 bridgehead atoms. The maximum absolute atomic E-state index is 10.6. The summed E-state index contributed by atoms with van der Waals surface area (Å²) in [5.41, 5.74) is 3.73. The Morgan fingerprint density at radius 3 is 2.32 bits per heavy atom. The number of phenolic OH excluding ortho intramolecular Hbond substituents is 2. The van der Waals surface area contributed by atoms with Crippen LogP contribution in [0.2, 0.25) is 0 Å². The molecule has 2 heteroatoms. The standard InChI is InChI=1S/C17H16O2/c18-14-9-13(10-4-2-1-3-5-10)17(19)16-12-7-6-11(8-12)15(14)16/h1-5,9,11-12,18-19H,6-8H2. The van der Waals surface area contributed by atoms with Gasteiger partial charge in [0, 0.05) is 16.7 Å². The van der Waals surface area contributed by atoms with E-state index in [4.69, 9.17) is 0 Å². The van der Waals surface area contributed by atoms with Gasteiger partial charge in [0.15, 0.2) is 0 Å². The lowest BCUT2D eigenvalue weighted by Crippen LogP contribution is -2.00. The first-order chi connectivity index (χ1) is 9.25. The van der Waals surface area contributed by atoms with Crippen LogP contribution in [0, 0.1) is 0 Å². The molecule has 1 fully saturated rings. The number of fused-ring (bicyclic) bond motifs is 5. The number of hydrogen-bond acceptors (Lipinski definition) is 2. The van der Waals surface area contributed by atoms with Gasteiger partial charge in [-0.2, -0.15) is 0 Å². The second kappa shape index (κ2) is 3.77. The topological polar surface area (TPSA) is 40.5 Å². The molecule has 0 saturated heterocycles. The van der Waals surface area contributed by atoms with E-state index in [0.717, 1.165) is 41.5 Å². The molecule has 2 atom stereocenters. The molecule has 0 aliphatic heterocycles. The molecule has 2 unspecified atom stereocenters. The average molecular weight is 252 g/mol. The molecular formula is C17H16O2. The van der Waals surface area contributed by atoms with Crippen LogP contribution in [0.25, 0.3) is 11.1 Å². The van der Waals surface area contributed by atoms with Crippen molar-refractivity contribution in [3.8, 4) is 22.6 Å². The quantitative estimate of drug-likeness (QED) is 0.749. The van der Waals surface area contributed by atoms with Gasteiger partial charge in [0.05, 0.1) is 0 Å². The summed E-state index contributed by atoms with van der Waals surface area (Å²) in [6.07, 6.45) is 3.38. The highest BCUT2D eigenvalue weighted by atomic mass is 16.3. The van der Waals surface area contributed by atoms with Gasteiger partial charge in [0.1, 0.15) is 11.5 Å². The molecule has 19 heavy (non-hydrogen) atoms. The third-order valence-electron chi connectivity index (χ3n) is 4.69. The SMILES string of the molecule is Oc1cc(-c2ccccc2)c(O)c2c1C1CCC2C1. The molecule has 2 N–H and O–H groups in total. The summed E-state index contributed by atoms with van der Waals surface area (Å²) < 4.78 is 0. The van der Waals surface area contributed by atoms with Gasteiger partial charge in [-0.15, -0.1) is 0 Å². The molecule has 0 aromatic heterocycles. The monoisotopic (exact) mass is 252 g/mol. The van der Waals surface area contributed by atoms with Crippen LogP contribution < -0.4 is 0 Å². The van der Waals surface area contributed by atoms with E-state index in [2.05, 4.69) is 0 Å². The predicted octanol–water partition coefficient (Wildman–Crippen LogP) is 4.13. The lowest BCUT2D eigenvalue weighted by molar-refractivity contribution is 0.444. The van der Waals surface area contributed by atoms with E-state index in [1.54, 1.807) is 6.07 Å². The van der Waals surface area contributed by atoms with Crippen LogP contribution in [0.5, 0.6) is 11.5 Å². The minimum absolute atomic E-state index is 0.360. The Balaban J connectivity index is 1.97. The van der Waals surface area contributed by atoms with E-state index in [1.807, 2.05) is 30.3 Å². The Hall–Kier alpha value is -1.96. The number of phenols is 2. The molecular weight excluding hydrogens is 236 g/mol. The summed E-state index contributed by atoms with van der Waals surface area (Å²) >= 11 is 0. The number of aromatic hydroxyl groups is 2. The van der Waals surface area contributed by atoms with Gasteiger partial charge in [-0.05, 0) is 42.7 Å². The summed E-state index contributed by atoms with van der Waals surface area (Å²) in [5, 5.41) is 20.9. The lowest BCUT2D eigenvalue weighted by atomic mass is 9.87. The molecule has 2 nitrogen and oxygen atoms in total. The first kappa shape index (κ1) is 10.9. The van der Waals surface area contributed by atoms with Crippen LogP contribution in [0.15, 0.2) is 36.4 Å². The third kappa shape index (κ3) is 1.43. The molecule has 2 aromatic carbocycles. The fourth-order valence-electron chi connectivity index (χ4n) is 3.88. The Labute approximate surface area is 112 Å². The van der Waals surface area contributed by atoms with E-state index >= 15 is 0 Å².